The molecule has 0 N–H and O–H groups in total. The van der Waals surface area contributed by atoms with E-state index in [2.05, 4.69) is 29.2 Å². The van der Waals surface area contributed by atoms with Crippen molar-refractivity contribution in [2.24, 2.45) is 0 Å². The summed E-state index contributed by atoms with van der Waals surface area (Å²) in [6.45, 7) is 2.33. The predicted octanol–water partition coefficient (Wildman–Crippen LogP) is 4.34. The Morgan fingerprint density at radius 2 is 1.77 bits per heavy atom. The number of hydrogen-bond acceptors (Lipinski definition) is 3. The van der Waals surface area contributed by atoms with Gasteiger partial charge < -0.3 is 9.80 Å². The summed E-state index contributed by atoms with van der Waals surface area (Å²) in [5.74, 6) is -0.867. The SMILES string of the molecule is O=C1CSC(c2ccc(N3CCCC3)cc2)N1Cc1ccc(F)cc1F. The third-order valence-corrected chi connectivity index (χ3v) is 6.23. The van der Waals surface area contributed by atoms with Crippen molar-refractivity contribution in [1.29, 1.82) is 0 Å². The third-order valence-electron chi connectivity index (χ3n) is 4.97. The zero-order chi connectivity index (χ0) is 18.1. The molecule has 4 rings (SSSR count). The lowest BCUT2D eigenvalue weighted by atomic mass is 10.1. The van der Waals surface area contributed by atoms with Crippen molar-refractivity contribution in [1.82, 2.24) is 4.90 Å². The molecule has 2 saturated heterocycles. The Bertz CT molecular complexity index is 806. The number of rotatable bonds is 4. The van der Waals surface area contributed by atoms with E-state index in [9.17, 15) is 13.6 Å². The van der Waals surface area contributed by atoms with Crippen LogP contribution >= 0.6 is 11.8 Å². The molecule has 2 aromatic rings. The molecule has 6 heteroatoms. The Morgan fingerprint density at radius 1 is 1.04 bits per heavy atom. The molecule has 2 aliphatic rings. The Morgan fingerprint density at radius 3 is 2.46 bits per heavy atom. The zero-order valence-corrected chi connectivity index (χ0v) is 15.1. The quantitative estimate of drug-likeness (QED) is 0.795. The van der Waals surface area contributed by atoms with Crippen LogP contribution in [0.1, 0.15) is 29.3 Å². The first-order valence-corrected chi connectivity index (χ1v) is 9.86. The van der Waals surface area contributed by atoms with Crippen molar-refractivity contribution in [2.75, 3.05) is 23.7 Å². The van der Waals surface area contributed by atoms with E-state index in [0.717, 1.165) is 24.7 Å². The van der Waals surface area contributed by atoms with Gasteiger partial charge in [-0.15, -0.1) is 11.8 Å². The Kier molecular flexibility index (Phi) is 4.85. The lowest BCUT2D eigenvalue weighted by Gasteiger charge is -2.25. The molecule has 1 unspecified atom stereocenters. The van der Waals surface area contributed by atoms with Crippen molar-refractivity contribution in [3.8, 4) is 0 Å². The fourth-order valence-electron chi connectivity index (χ4n) is 3.56. The normalized spacial score (nSPS) is 20.2. The average molecular weight is 374 g/mol. The molecule has 2 aromatic carbocycles. The molecule has 0 saturated carbocycles. The molecular weight excluding hydrogens is 354 g/mol. The van der Waals surface area contributed by atoms with Gasteiger partial charge in [-0.3, -0.25) is 4.79 Å². The number of carbonyl (C=O) groups excluding carboxylic acids is 1. The standard InChI is InChI=1S/C20H20F2N2OS/c21-16-6-3-15(18(22)11-16)12-24-19(25)13-26-20(24)14-4-7-17(8-5-14)23-9-1-2-10-23/h3-8,11,20H,1-2,9-10,12-13H2. The summed E-state index contributed by atoms with van der Waals surface area (Å²) in [7, 11) is 0. The number of anilines is 1. The Hall–Kier alpha value is -2.08. The van der Waals surface area contributed by atoms with Crippen molar-refractivity contribution in [2.45, 2.75) is 24.8 Å². The van der Waals surface area contributed by atoms with Gasteiger partial charge in [0.15, 0.2) is 0 Å². The van der Waals surface area contributed by atoms with Crippen LogP contribution in [-0.4, -0.2) is 29.6 Å². The van der Waals surface area contributed by atoms with Gasteiger partial charge in [-0.25, -0.2) is 8.78 Å². The molecule has 0 spiro atoms. The maximum atomic E-state index is 14.0. The molecule has 0 aliphatic carbocycles. The predicted molar refractivity (Wildman–Crippen MR) is 100.0 cm³/mol. The molecule has 0 radical (unpaired) electrons. The molecule has 3 nitrogen and oxygen atoms in total. The van der Waals surface area contributed by atoms with Gasteiger partial charge in [0.05, 0.1) is 5.75 Å². The highest BCUT2D eigenvalue weighted by molar-refractivity contribution is 8.00. The number of amides is 1. The van der Waals surface area contributed by atoms with Crippen molar-refractivity contribution in [3.05, 3.63) is 65.2 Å². The first-order chi connectivity index (χ1) is 12.6. The lowest BCUT2D eigenvalue weighted by Crippen LogP contribution is -2.28. The number of nitrogens with zero attached hydrogens (tertiary/aromatic N) is 2. The second-order valence-corrected chi connectivity index (χ2v) is 7.77. The summed E-state index contributed by atoms with van der Waals surface area (Å²) < 4.78 is 27.1. The summed E-state index contributed by atoms with van der Waals surface area (Å²) >= 11 is 1.54. The van der Waals surface area contributed by atoms with Crippen LogP contribution in [0.3, 0.4) is 0 Å². The lowest BCUT2D eigenvalue weighted by molar-refractivity contribution is -0.128. The van der Waals surface area contributed by atoms with Crippen molar-refractivity contribution < 1.29 is 13.6 Å². The Labute approximate surface area is 156 Å². The van der Waals surface area contributed by atoms with Crippen LogP contribution in [-0.2, 0) is 11.3 Å². The molecular formula is C20H20F2N2OS. The molecule has 26 heavy (non-hydrogen) atoms. The van der Waals surface area contributed by atoms with E-state index in [0.29, 0.717) is 11.3 Å². The van der Waals surface area contributed by atoms with Gasteiger partial charge in [0.25, 0.3) is 0 Å². The minimum absolute atomic E-state index is 0.0210. The molecule has 136 valence electrons. The van der Waals surface area contributed by atoms with Crippen LogP contribution in [0.15, 0.2) is 42.5 Å². The maximum absolute atomic E-state index is 14.0. The second kappa shape index (κ2) is 7.27. The summed E-state index contributed by atoms with van der Waals surface area (Å²) in [6.07, 6.45) is 2.46. The van der Waals surface area contributed by atoms with Crippen LogP contribution in [0.5, 0.6) is 0 Å². The van der Waals surface area contributed by atoms with Crippen LogP contribution in [0, 0.1) is 11.6 Å². The summed E-state index contributed by atoms with van der Waals surface area (Å²) in [4.78, 5) is 16.4. The monoisotopic (exact) mass is 374 g/mol. The van der Waals surface area contributed by atoms with Gasteiger partial charge in [0.1, 0.15) is 17.0 Å². The number of hydrogen-bond donors (Lipinski definition) is 0. The number of thioether (sulfide) groups is 1. The molecule has 0 bridgehead atoms. The topological polar surface area (TPSA) is 23.6 Å². The first kappa shape index (κ1) is 17.3. The minimum Gasteiger partial charge on any atom is -0.372 e. The summed E-state index contributed by atoms with van der Waals surface area (Å²) in [6, 6.07) is 11.8. The maximum Gasteiger partial charge on any atom is 0.234 e. The highest BCUT2D eigenvalue weighted by Crippen LogP contribution is 2.40. The molecule has 1 amide bonds. The molecule has 1 atom stereocenters. The van der Waals surface area contributed by atoms with Gasteiger partial charge in [0, 0.05) is 37.0 Å². The van der Waals surface area contributed by atoms with E-state index in [1.54, 1.807) is 16.7 Å². The summed E-state index contributed by atoms with van der Waals surface area (Å²) in [5.41, 5.74) is 2.57. The van der Waals surface area contributed by atoms with E-state index >= 15 is 0 Å². The third kappa shape index (κ3) is 3.43. The van der Waals surface area contributed by atoms with Gasteiger partial charge >= 0.3 is 0 Å². The summed E-state index contributed by atoms with van der Waals surface area (Å²) in [5, 5.41) is -0.139. The van der Waals surface area contributed by atoms with E-state index in [4.69, 9.17) is 0 Å². The average Bonchev–Trinajstić information content (AvgIpc) is 3.28. The smallest absolute Gasteiger partial charge is 0.234 e. The van der Waals surface area contributed by atoms with Crippen molar-refractivity contribution in [3.63, 3.8) is 0 Å². The molecule has 2 fully saturated rings. The number of halogens is 2. The second-order valence-electron chi connectivity index (χ2n) is 6.71. The highest BCUT2D eigenvalue weighted by atomic mass is 32.2. The van der Waals surface area contributed by atoms with Gasteiger partial charge in [0.2, 0.25) is 5.91 Å². The Balaban J connectivity index is 1.54. The largest absolute Gasteiger partial charge is 0.372 e. The zero-order valence-electron chi connectivity index (χ0n) is 14.3. The first-order valence-electron chi connectivity index (χ1n) is 8.82. The van der Waals surface area contributed by atoms with Gasteiger partial charge in [-0.05, 0) is 36.6 Å². The van der Waals surface area contributed by atoms with Crippen LogP contribution < -0.4 is 4.90 Å². The number of carbonyl (C=O) groups is 1. The fourth-order valence-corrected chi connectivity index (χ4v) is 4.75. The number of benzene rings is 2. The highest BCUT2D eigenvalue weighted by Gasteiger charge is 2.33. The van der Waals surface area contributed by atoms with Crippen LogP contribution in [0.2, 0.25) is 0 Å². The van der Waals surface area contributed by atoms with Crippen LogP contribution in [0.4, 0.5) is 14.5 Å². The van der Waals surface area contributed by atoms with E-state index in [1.165, 1.54) is 30.7 Å². The van der Waals surface area contributed by atoms with Gasteiger partial charge in [-0.1, -0.05) is 18.2 Å². The minimum atomic E-state index is -0.613. The van der Waals surface area contributed by atoms with Crippen molar-refractivity contribution >= 4 is 23.4 Å². The van der Waals surface area contributed by atoms with E-state index in [1.807, 2.05) is 0 Å². The molecule has 0 aromatic heterocycles. The van der Waals surface area contributed by atoms with Gasteiger partial charge in [-0.2, -0.15) is 0 Å². The fraction of sp³-hybridized carbons (Fsp3) is 0.350. The van der Waals surface area contributed by atoms with E-state index < -0.39 is 11.6 Å². The van der Waals surface area contributed by atoms with Crippen LogP contribution in [0.25, 0.3) is 0 Å². The molecule has 2 aliphatic heterocycles. The van der Waals surface area contributed by atoms with E-state index in [-0.39, 0.29) is 17.8 Å². The molecule has 2 heterocycles.